The van der Waals surface area contributed by atoms with Crippen LogP contribution in [0.2, 0.25) is 5.02 Å². The lowest BCUT2D eigenvalue weighted by Crippen LogP contribution is -2.54. The molecule has 0 aromatic heterocycles. The molecule has 1 fully saturated rings. The quantitative estimate of drug-likeness (QED) is 0.290. The van der Waals surface area contributed by atoms with Gasteiger partial charge in [-0.2, -0.15) is 0 Å². The van der Waals surface area contributed by atoms with Crippen molar-refractivity contribution in [3.63, 3.8) is 0 Å². The smallest absolute Gasteiger partial charge is 0.264 e. The molecule has 0 saturated heterocycles. The lowest BCUT2D eigenvalue weighted by atomic mass is 9.95. The van der Waals surface area contributed by atoms with E-state index in [4.69, 9.17) is 11.6 Å². The van der Waals surface area contributed by atoms with Gasteiger partial charge >= 0.3 is 0 Å². The number of carbonyl (C=O) groups excluding carboxylic acids is 2. The molecule has 1 aliphatic carbocycles. The first-order valence-corrected chi connectivity index (χ1v) is 16.0. The maximum atomic E-state index is 14.2. The maximum absolute atomic E-state index is 14.2. The van der Waals surface area contributed by atoms with Crippen LogP contribution in [0.5, 0.6) is 0 Å². The molecule has 9 heteroatoms. The minimum absolute atomic E-state index is 0.0831. The van der Waals surface area contributed by atoms with E-state index in [9.17, 15) is 18.0 Å². The zero-order chi connectivity index (χ0) is 29.4. The zero-order valence-corrected chi connectivity index (χ0v) is 25.2. The molecule has 4 rings (SSSR count). The number of nitrogens with zero attached hydrogens (tertiary/aromatic N) is 2. The van der Waals surface area contributed by atoms with Crippen molar-refractivity contribution in [1.29, 1.82) is 0 Å². The summed E-state index contributed by atoms with van der Waals surface area (Å²) in [4.78, 5) is 29.4. The Bertz CT molecular complexity index is 1420. The summed E-state index contributed by atoms with van der Waals surface area (Å²) in [6, 6.07) is 21.6. The van der Waals surface area contributed by atoms with Crippen LogP contribution in [0.25, 0.3) is 0 Å². The van der Waals surface area contributed by atoms with Gasteiger partial charge in [0, 0.05) is 17.6 Å². The van der Waals surface area contributed by atoms with E-state index in [-0.39, 0.29) is 23.4 Å². The minimum Gasteiger partial charge on any atom is -0.352 e. The average molecular weight is 596 g/mol. The summed E-state index contributed by atoms with van der Waals surface area (Å²) in [5.74, 6) is -0.677. The predicted octanol–water partition coefficient (Wildman–Crippen LogP) is 6.10. The minimum atomic E-state index is -4.09. The van der Waals surface area contributed by atoms with Crippen LogP contribution in [-0.2, 0) is 26.2 Å². The molecule has 0 aliphatic heterocycles. The molecule has 41 heavy (non-hydrogen) atoms. The Morgan fingerprint density at radius 3 is 2.20 bits per heavy atom. The van der Waals surface area contributed by atoms with Crippen LogP contribution in [0.15, 0.2) is 83.8 Å². The van der Waals surface area contributed by atoms with E-state index in [0.717, 1.165) is 42.0 Å². The van der Waals surface area contributed by atoms with E-state index >= 15 is 0 Å². The van der Waals surface area contributed by atoms with Crippen molar-refractivity contribution in [2.45, 2.75) is 75.9 Å². The molecule has 218 valence electrons. The first kappa shape index (κ1) is 30.6. The molecular formula is C32H38ClN3O4S. The molecule has 1 N–H and O–H groups in total. The van der Waals surface area contributed by atoms with Gasteiger partial charge in [-0.3, -0.25) is 13.9 Å². The molecule has 1 aliphatic rings. The lowest BCUT2D eigenvalue weighted by Gasteiger charge is -2.34. The average Bonchev–Trinajstić information content (AvgIpc) is 2.98. The number of aryl methyl sites for hydroxylation is 1. The second kappa shape index (κ2) is 14.0. The fourth-order valence-electron chi connectivity index (χ4n) is 5.33. The molecule has 0 heterocycles. The van der Waals surface area contributed by atoms with Gasteiger partial charge in [0.15, 0.2) is 0 Å². The van der Waals surface area contributed by atoms with Crippen molar-refractivity contribution < 1.29 is 18.0 Å². The van der Waals surface area contributed by atoms with Crippen molar-refractivity contribution >= 4 is 39.1 Å². The number of sulfonamides is 1. The zero-order valence-electron chi connectivity index (χ0n) is 23.6. The molecule has 7 nitrogen and oxygen atoms in total. The van der Waals surface area contributed by atoms with E-state index in [1.54, 1.807) is 42.5 Å². The van der Waals surface area contributed by atoms with Crippen LogP contribution in [0.1, 0.15) is 56.6 Å². The highest BCUT2D eigenvalue weighted by Crippen LogP contribution is 2.28. The van der Waals surface area contributed by atoms with Crippen molar-refractivity contribution in [2.24, 2.45) is 0 Å². The standard InChI is InChI=1S/C32H38ClN3O4S/c1-3-29(32(38)34-27-13-6-4-7-14-27)35(22-25-18-20-26(33)21-19-25)31(37)23-36(30-17-11-10-12-24(30)2)41(39,40)28-15-8-5-9-16-28/h5,8-12,15-21,27,29H,3-4,6-7,13-14,22-23H2,1-2H3,(H,34,38). The molecule has 3 aromatic carbocycles. The monoisotopic (exact) mass is 595 g/mol. The first-order valence-electron chi connectivity index (χ1n) is 14.2. The Kier molecular flexibility index (Phi) is 10.5. The van der Waals surface area contributed by atoms with E-state index in [1.165, 1.54) is 17.0 Å². The second-order valence-corrected chi connectivity index (χ2v) is 12.8. The third kappa shape index (κ3) is 7.68. The highest BCUT2D eigenvalue weighted by Gasteiger charge is 2.34. The summed E-state index contributed by atoms with van der Waals surface area (Å²) in [6.07, 6.45) is 5.52. The molecule has 0 spiro atoms. The first-order chi connectivity index (χ1) is 19.7. The molecule has 1 atom stereocenters. The van der Waals surface area contributed by atoms with Crippen LogP contribution in [0.4, 0.5) is 5.69 Å². The molecule has 0 bridgehead atoms. The van der Waals surface area contributed by atoms with Gasteiger partial charge in [0.1, 0.15) is 12.6 Å². The van der Waals surface area contributed by atoms with Crippen LogP contribution < -0.4 is 9.62 Å². The largest absolute Gasteiger partial charge is 0.352 e. The number of hydrogen-bond donors (Lipinski definition) is 1. The summed E-state index contributed by atoms with van der Waals surface area (Å²) in [6.45, 7) is 3.36. The van der Waals surface area contributed by atoms with E-state index in [0.29, 0.717) is 22.7 Å². The Labute approximate surface area is 248 Å². The van der Waals surface area contributed by atoms with E-state index in [2.05, 4.69) is 5.32 Å². The third-order valence-electron chi connectivity index (χ3n) is 7.60. The van der Waals surface area contributed by atoms with Crippen LogP contribution in [0.3, 0.4) is 0 Å². The number of halogens is 1. The van der Waals surface area contributed by atoms with Gasteiger partial charge in [-0.05, 0) is 67.6 Å². The lowest BCUT2D eigenvalue weighted by molar-refractivity contribution is -0.140. The normalized spacial score (nSPS) is 14.7. The van der Waals surface area contributed by atoms with Gasteiger partial charge in [0.2, 0.25) is 11.8 Å². The third-order valence-corrected chi connectivity index (χ3v) is 9.62. The summed E-state index contributed by atoms with van der Waals surface area (Å²) >= 11 is 6.10. The Morgan fingerprint density at radius 1 is 0.927 bits per heavy atom. The maximum Gasteiger partial charge on any atom is 0.264 e. The molecule has 1 unspecified atom stereocenters. The number of benzene rings is 3. The second-order valence-electron chi connectivity index (χ2n) is 10.5. The number of nitrogens with one attached hydrogen (secondary N) is 1. The number of hydrogen-bond acceptors (Lipinski definition) is 4. The van der Waals surface area contributed by atoms with Crippen molar-refractivity contribution in [3.05, 3.63) is 95.0 Å². The number of rotatable bonds is 11. The molecule has 0 radical (unpaired) electrons. The highest BCUT2D eigenvalue weighted by atomic mass is 35.5. The summed E-state index contributed by atoms with van der Waals surface area (Å²) in [7, 11) is -4.09. The Morgan fingerprint density at radius 2 is 1.56 bits per heavy atom. The van der Waals surface area contributed by atoms with Crippen molar-refractivity contribution in [3.8, 4) is 0 Å². The fraction of sp³-hybridized carbons (Fsp3) is 0.375. The van der Waals surface area contributed by atoms with Gasteiger partial charge in [-0.15, -0.1) is 0 Å². The Hall–Kier alpha value is -3.36. The van der Waals surface area contributed by atoms with E-state index in [1.807, 2.05) is 38.1 Å². The van der Waals surface area contributed by atoms with Gasteiger partial charge in [-0.25, -0.2) is 8.42 Å². The molecular weight excluding hydrogens is 558 g/mol. The van der Waals surface area contributed by atoms with Crippen LogP contribution in [-0.4, -0.2) is 43.8 Å². The van der Waals surface area contributed by atoms with Gasteiger partial charge < -0.3 is 10.2 Å². The summed E-state index contributed by atoms with van der Waals surface area (Å²) in [5, 5.41) is 3.73. The van der Waals surface area contributed by atoms with Crippen LogP contribution >= 0.6 is 11.6 Å². The van der Waals surface area contributed by atoms with Gasteiger partial charge in [-0.1, -0.05) is 86.3 Å². The number of anilines is 1. The summed E-state index contributed by atoms with van der Waals surface area (Å²) in [5.41, 5.74) is 1.92. The number of carbonyl (C=O) groups is 2. The number of amides is 2. The molecule has 2 amide bonds. The Balaban J connectivity index is 1.70. The fourth-order valence-corrected chi connectivity index (χ4v) is 6.95. The van der Waals surface area contributed by atoms with Gasteiger partial charge in [0.05, 0.1) is 10.6 Å². The topological polar surface area (TPSA) is 86.8 Å². The van der Waals surface area contributed by atoms with Crippen LogP contribution in [0, 0.1) is 6.92 Å². The van der Waals surface area contributed by atoms with Gasteiger partial charge in [0.25, 0.3) is 10.0 Å². The predicted molar refractivity (Wildman–Crippen MR) is 163 cm³/mol. The van der Waals surface area contributed by atoms with Crippen molar-refractivity contribution in [1.82, 2.24) is 10.2 Å². The SMILES string of the molecule is CCC(C(=O)NC1CCCCC1)N(Cc1ccc(Cl)cc1)C(=O)CN(c1ccccc1C)S(=O)(=O)c1ccccc1. The number of para-hydroxylation sites is 1. The molecule has 1 saturated carbocycles. The van der Waals surface area contributed by atoms with Crippen molar-refractivity contribution in [2.75, 3.05) is 10.8 Å². The van der Waals surface area contributed by atoms with E-state index < -0.39 is 28.5 Å². The summed E-state index contributed by atoms with van der Waals surface area (Å²) < 4.78 is 29.0. The molecule has 3 aromatic rings. The highest BCUT2D eigenvalue weighted by molar-refractivity contribution is 7.92.